The van der Waals surface area contributed by atoms with E-state index < -0.39 is 11.8 Å². The van der Waals surface area contributed by atoms with Crippen molar-refractivity contribution in [1.29, 1.82) is 0 Å². The first kappa shape index (κ1) is 10.5. The lowest BCUT2D eigenvalue weighted by molar-refractivity contribution is -0.142. The van der Waals surface area contributed by atoms with Gasteiger partial charge < -0.3 is 9.84 Å². The Balaban J connectivity index is 2.71. The van der Waals surface area contributed by atoms with Gasteiger partial charge >= 0.3 is 5.97 Å². The van der Waals surface area contributed by atoms with E-state index in [1.165, 1.54) is 12.1 Å². The van der Waals surface area contributed by atoms with Crippen molar-refractivity contribution in [3.8, 4) is 5.75 Å². The first-order chi connectivity index (χ1) is 6.61. The number of phenols is 1. The summed E-state index contributed by atoms with van der Waals surface area (Å²) in [7, 11) is 0. The molecule has 1 N–H and O–H groups in total. The molecule has 0 aliphatic carbocycles. The molecule has 1 aromatic rings. The monoisotopic (exact) mass is 198 g/mol. The molecule has 0 aliphatic rings. The number of rotatable bonds is 3. The molecule has 0 radical (unpaired) electrons. The zero-order valence-corrected chi connectivity index (χ0v) is 7.79. The van der Waals surface area contributed by atoms with Gasteiger partial charge in [-0.2, -0.15) is 0 Å². The van der Waals surface area contributed by atoms with E-state index in [-0.39, 0.29) is 12.2 Å². The van der Waals surface area contributed by atoms with Crippen LogP contribution in [0.15, 0.2) is 18.2 Å². The lowest BCUT2D eigenvalue weighted by Gasteiger charge is -2.02. The second-order valence-electron chi connectivity index (χ2n) is 2.80. The molecule has 4 heteroatoms. The maximum Gasteiger partial charge on any atom is 0.310 e. The van der Waals surface area contributed by atoms with Crippen LogP contribution in [-0.2, 0) is 16.0 Å². The summed E-state index contributed by atoms with van der Waals surface area (Å²) in [4.78, 5) is 11.0. The number of benzene rings is 1. The van der Waals surface area contributed by atoms with Crippen molar-refractivity contribution in [3.05, 3.63) is 29.6 Å². The lowest BCUT2D eigenvalue weighted by atomic mass is 10.1. The van der Waals surface area contributed by atoms with Crippen molar-refractivity contribution < 1.29 is 19.0 Å². The molecule has 0 aromatic heterocycles. The molecule has 3 nitrogen and oxygen atoms in total. The first-order valence-corrected chi connectivity index (χ1v) is 4.26. The zero-order valence-electron chi connectivity index (χ0n) is 7.79. The fourth-order valence-electron chi connectivity index (χ4n) is 1.11. The summed E-state index contributed by atoms with van der Waals surface area (Å²) in [6, 6.07) is 3.51. The van der Waals surface area contributed by atoms with E-state index in [1.54, 1.807) is 6.92 Å². The fourth-order valence-corrected chi connectivity index (χ4v) is 1.11. The van der Waals surface area contributed by atoms with Gasteiger partial charge in [0.15, 0.2) is 0 Å². The van der Waals surface area contributed by atoms with Crippen molar-refractivity contribution in [2.75, 3.05) is 6.61 Å². The quantitative estimate of drug-likeness (QED) is 0.751. The van der Waals surface area contributed by atoms with Crippen molar-refractivity contribution in [2.24, 2.45) is 0 Å². The lowest BCUT2D eigenvalue weighted by Crippen LogP contribution is -2.07. The van der Waals surface area contributed by atoms with Gasteiger partial charge in [0, 0.05) is 6.07 Å². The van der Waals surface area contributed by atoms with Crippen LogP contribution in [0.5, 0.6) is 5.75 Å². The number of halogens is 1. The van der Waals surface area contributed by atoms with Crippen molar-refractivity contribution in [2.45, 2.75) is 13.3 Å². The van der Waals surface area contributed by atoms with Gasteiger partial charge in [-0.15, -0.1) is 0 Å². The fraction of sp³-hybridized carbons (Fsp3) is 0.300. The minimum absolute atomic E-state index is 0.0286. The normalized spacial score (nSPS) is 9.86. The molecule has 0 atom stereocenters. The third kappa shape index (κ3) is 3.05. The maximum atomic E-state index is 12.8. The Bertz CT molecular complexity index is 316. The molecule has 76 valence electrons. The molecule has 0 saturated heterocycles. The van der Waals surface area contributed by atoms with E-state index in [4.69, 9.17) is 5.11 Å². The van der Waals surface area contributed by atoms with Crippen LogP contribution in [0.3, 0.4) is 0 Å². The number of hydrogen-bond acceptors (Lipinski definition) is 3. The number of hydrogen-bond donors (Lipinski definition) is 1. The van der Waals surface area contributed by atoms with E-state index in [0.29, 0.717) is 12.2 Å². The largest absolute Gasteiger partial charge is 0.508 e. The molecule has 0 saturated carbocycles. The highest BCUT2D eigenvalue weighted by Gasteiger charge is 2.06. The predicted octanol–water partition coefficient (Wildman–Crippen LogP) is 1.64. The van der Waals surface area contributed by atoms with Gasteiger partial charge in [-0.05, 0) is 24.6 Å². The Hall–Kier alpha value is -1.58. The number of carbonyl (C=O) groups excluding carboxylic acids is 1. The molecule has 0 fully saturated rings. The second-order valence-corrected chi connectivity index (χ2v) is 2.80. The average molecular weight is 198 g/mol. The van der Waals surface area contributed by atoms with Gasteiger partial charge in [-0.25, -0.2) is 4.39 Å². The maximum absolute atomic E-state index is 12.8. The summed E-state index contributed by atoms with van der Waals surface area (Å²) in [6.45, 7) is 1.99. The first-order valence-electron chi connectivity index (χ1n) is 4.26. The van der Waals surface area contributed by atoms with Crippen LogP contribution in [-0.4, -0.2) is 17.7 Å². The summed E-state index contributed by atoms with van der Waals surface area (Å²) in [5, 5.41) is 9.04. The molecule has 1 rings (SSSR count). The molecule has 1 aromatic carbocycles. The SMILES string of the molecule is CCOC(=O)Cc1cc(O)cc(F)c1. The average Bonchev–Trinajstić information content (AvgIpc) is 2.01. The van der Waals surface area contributed by atoms with Crippen LogP contribution >= 0.6 is 0 Å². The van der Waals surface area contributed by atoms with Crippen LogP contribution in [0.25, 0.3) is 0 Å². The Morgan fingerprint density at radius 2 is 2.21 bits per heavy atom. The van der Waals surface area contributed by atoms with E-state index in [2.05, 4.69) is 4.74 Å². The summed E-state index contributed by atoms with van der Waals surface area (Å²) in [5.74, 6) is -1.19. The van der Waals surface area contributed by atoms with Crippen LogP contribution < -0.4 is 0 Å². The smallest absolute Gasteiger partial charge is 0.310 e. The number of ether oxygens (including phenoxy) is 1. The van der Waals surface area contributed by atoms with E-state index in [9.17, 15) is 9.18 Å². The van der Waals surface area contributed by atoms with Gasteiger partial charge in [0.2, 0.25) is 0 Å². The summed E-state index contributed by atoms with van der Waals surface area (Å²) < 4.78 is 17.4. The molecular weight excluding hydrogens is 187 g/mol. The molecule has 0 unspecified atom stereocenters. The van der Waals surface area contributed by atoms with E-state index in [0.717, 1.165) is 6.07 Å². The Morgan fingerprint density at radius 3 is 2.79 bits per heavy atom. The number of carbonyl (C=O) groups is 1. The zero-order chi connectivity index (χ0) is 10.6. The molecule has 0 spiro atoms. The van der Waals surface area contributed by atoms with Crippen LogP contribution in [0.1, 0.15) is 12.5 Å². The van der Waals surface area contributed by atoms with Crippen molar-refractivity contribution in [1.82, 2.24) is 0 Å². The standard InChI is InChI=1S/C10H11FO3/c1-2-14-10(13)5-7-3-8(11)6-9(12)4-7/h3-4,6,12H,2,5H2,1H3. The van der Waals surface area contributed by atoms with Crippen molar-refractivity contribution in [3.63, 3.8) is 0 Å². The van der Waals surface area contributed by atoms with Gasteiger partial charge in [-0.1, -0.05) is 0 Å². The highest BCUT2D eigenvalue weighted by atomic mass is 19.1. The number of esters is 1. The Kier molecular flexibility index (Phi) is 3.45. The molecule has 14 heavy (non-hydrogen) atoms. The molecule has 0 bridgehead atoms. The van der Waals surface area contributed by atoms with Crippen LogP contribution in [0.2, 0.25) is 0 Å². The van der Waals surface area contributed by atoms with E-state index in [1.807, 2.05) is 0 Å². The molecule has 0 heterocycles. The Labute approximate surface area is 81.1 Å². The Morgan fingerprint density at radius 1 is 1.50 bits per heavy atom. The molecular formula is C10H11FO3. The molecule has 0 aliphatic heterocycles. The van der Waals surface area contributed by atoms with Gasteiger partial charge in [0.05, 0.1) is 13.0 Å². The third-order valence-corrected chi connectivity index (χ3v) is 1.60. The van der Waals surface area contributed by atoms with E-state index >= 15 is 0 Å². The number of phenolic OH excluding ortho intramolecular Hbond substituents is 1. The minimum atomic E-state index is -0.565. The highest BCUT2D eigenvalue weighted by molar-refractivity contribution is 5.72. The van der Waals surface area contributed by atoms with Gasteiger partial charge in [0.1, 0.15) is 11.6 Å². The topological polar surface area (TPSA) is 46.5 Å². The summed E-state index contributed by atoms with van der Waals surface area (Å²) in [5.41, 5.74) is 0.404. The summed E-state index contributed by atoms with van der Waals surface area (Å²) >= 11 is 0. The van der Waals surface area contributed by atoms with Crippen molar-refractivity contribution >= 4 is 5.97 Å². The number of aromatic hydroxyl groups is 1. The predicted molar refractivity (Wildman–Crippen MR) is 48.4 cm³/mol. The highest BCUT2D eigenvalue weighted by Crippen LogP contribution is 2.15. The van der Waals surface area contributed by atoms with Crippen LogP contribution in [0, 0.1) is 5.82 Å². The third-order valence-electron chi connectivity index (χ3n) is 1.60. The molecule has 0 amide bonds. The van der Waals surface area contributed by atoms with Crippen LogP contribution in [0.4, 0.5) is 4.39 Å². The van der Waals surface area contributed by atoms with Gasteiger partial charge in [-0.3, -0.25) is 4.79 Å². The summed E-state index contributed by atoms with van der Waals surface area (Å²) in [6.07, 6.45) is -0.0286. The second kappa shape index (κ2) is 4.60. The van der Waals surface area contributed by atoms with Gasteiger partial charge in [0.25, 0.3) is 0 Å². The minimum Gasteiger partial charge on any atom is -0.508 e.